The third-order valence-corrected chi connectivity index (χ3v) is 2.47. The molecular weight excluding hydrogens is 169 g/mol. The minimum Gasteiger partial charge on any atom is -0.375 e. The number of fused-ring (bicyclic) bond motifs is 1. The molecule has 0 aliphatic carbocycles. The fourth-order valence-corrected chi connectivity index (χ4v) is 1.79. The quantitative estimate of drug-likeness (QED) is 0.661. The second-order valence-corrected chi connectivity index (χ2v) is 3.64. The minimum absolute atomic E-state index is 0.631. The number of rotatable bonds is 1. The van der Waals surface area contributed by atoms with Gasteiger partial charge in [0.2, 0.25) is 0 Å². The molecule has 1 aromatic heterocycles. The lowest BCUT2D eigenvalue weighted by Gasteiger charge is -2.21. The monoisotopic (exact) mass is 183 g/mol. The number of hydrogen-bond acceptors (Lipinski definition) is 2. The molecule has 13 heavy (non-hydrogen) atoms. The summed E-state index contributed by atoms with van der Waals surface area (Å²) >= 11 is 0. The number of aryl methyl sites for hydroxylation is 1. The van der Waals surface area contributed by atoms with Crippen LogP contribution in [0, 0.1) is 0 Å². The number of aromatic nitrogens is 2. The van der Waals surface area contributed by atoms with E-state index in [9.17, 15) is 4.39 Å². The van der Waals surface area contributed by atoms with Gasteiger partial charge in [-0.05, 0) is 12.8 Å². The summed E-state index contributed by atoms with van der Waals surface area (Å²) in [5.41, 5.74) is 1.66. The molecule has 2 rings (SSSR count). The first kappa shape index (κ1) is 8.53. The SMILES string of the molecule is CN(C)c1cnn2c1C(F)CCC2. The van der Waals surface area contributed by atoms with E-state index in [0.29, 0.717) is 6.42 Å². The summed E-state index contributed by atoms with van der Waals surface area (Å²) in [6.45, 7) is 0.851. The van der Waals surface area contributed by atoms with Crippen LogP contribution in [0.3, 0.4) is 0 Å². The summed E-state index contributed by atoms with van der Waals surface area (Å²) in [7, 11) is 3.83. The van der Waals surface area contributed by atoms with Gasteiger partial charge in [0.1, 0.15) is 6.17 Å². The van der Waals surface area contributed by atoms with E-state index in [4.69, 9.17) is 0 Å². The zero-order valence-corrected chi connectivity index (χ0v) is 8.00. The zero-order valence-electron chi connectivity index (χ0n) is 8.00. The van der Waals surface area contributed by atoms with Crippen molar-refractivity contribution in [2.24, 2.45) is 0 Å². The Morgan fingerprint density at radius 2 is 2.38 bits per heavy atom. The molecule has 1 unspecified atom stereocenters. The summed E-state index contributed by atoms with van der Waals surface area (Å²) in [5.74, 6) is 0. The summed E-state index contributed by atoms with van der Waals surface area (Å²) in [6.07, 6.45) is 2.43. The molecule has 1 aliphatic rings. The maximum Gasteiger partial charge on any atom is 0.144 e. The van der Waals surface area contributed by atoms with E-state index < -0.39 is 6.17 Å². The van der Waals surface area contributed by atoms with Crippen LogP contribution in [0.15, 0.2) is 6.20 Å². The van der Waals surface area contributed by atoms with Gasteiger partial charge in [0.15, 0.2) is 0 Å². The van der Waals surface area contributed by atoms with Crippen molar-refractivity contribution in [3.05, 3.63) is 11.9 Å². The molecule has 0 N–H and O–H groups in total. The highest BCUT2D eigenvalue weighted by Gasteiger charge is 2.24. The summed E-state index contributed by atoms with van der Waals surface area (Å²) in [5, 5.41) is 4.16. The lowest BCUT2D eigenvalue weighted by Crippen LogP contribution is -2.17. The largest absolute Gasteiger partial charge is 0.375 e. The Labute approximate surface area is 77.1 Å². The van der Waals surface area contributed by atoms with E-state index in [1.807, 2.05) is 19.0 Å². The highest BCUT2D eigenvalue weighted by atomic mass is 19.1. The smallest absolute Gasteiger partial charge is 0.144 e. The van der Waals surface area contributed by atoms with Crippen LogP contribution in [0.2, 0.25) is 0 Å². The van der Waals surface area contributed by atoms with Crippen molar-refractivity contribution in [2.75, 3.05) is 19.0 Å². The first-order valence-corrected chi connectivity index (χ1v) is 4.57. The molecule has 0 saturated carbocycles. The predicted octanol–water partition coefficient (Wildman–Crippen LogP) is 1.75. The van der Waals surface area contributed by atoms with Crippen molar-refractivity contribution in [3.63, 3.8) is 0 Å². The molecule has 0 aromatic carbocycles. The third-order valence-electron chi connectivity index (χ3n) is 2.47. The highest BCUT2D eigenvalue weighted by Crippen LogP contribution is 2.34. The first-order chi connectivity index (χ1) is 6.20. The van der Waals surface area contributed by atoms with Crippen molar-refractivity contribution in [2.45, 2.75) is 25.6 Å². The highest BCUT2D eigenvalue weighted by molar-refractivity contribution is 5.49. The van der Waals surface area contributed by atoms with Gasteiger partial charge in [-0.3, -0.25) is 4.68 Å². The second-order valence-electron chi connectivity index (χ2n) is 3.64. The van der Waals surface area contributed by atoms with Crippen LogP contribution >= 0.6 is 0 Å². The molecule has 1 aliphatic heterocycles. The molecule has 4 heteroatoms. The Morgan fingerprint density at radius 1 is 1.62 bits per heavy atom. The van der Waals surface area contributed by atoms with Crippen LogP contribution < -0.4 is 4.90 Å². The van der Waals surface area contributed by atoms with Gasteiger partial charge in [0.05, 0.1) is 17.6 Å². The van der Waals surface area contributed by atoms with E-state index in [-0.39, 0.29) is 0 Å². The number of nitrogens with zero attached hydrogens (tertiary/aromatic N) is 3. The van der Waals surface area contributed by atoms with Crippen LogP contribution in [0.4, 0.5) is 10.1 Å². The topological polar surface area (TPSA) is 21.1 Å². The molecule has 3 nitrogen and oxygen atoms in total. The summed E-state index contributed by atoms with van der Waals surface area (Å²) in [4.78, 5) is 1.91. The van der Waals surface area contributed by atoms with Crippen LogP contribution in [-0.4, -0.2) is 23.9 Å². The minimum atomic E-state index is -0.839. The Morgan fingerprint density at radius 3 is 3.08 bits per heavy atom. The van der Waals surface area contributed by atoms with Crippen LogP contribution in [0.1, 0.15) is 24.7 Å². The van der Waals surface area contributed by atoms with Crippen LogP contribution in [0.25, 0.3) is 0 Å². The van der Waals surface area contributed by atoms with E-state index in [2.05, 4.69) is 5.10 Å². The van der Waals surface area contributed by atoms with Crippen molar-refractivity contribution in [1.29, 1.82) is 0 Å². The second kappa shape index (κ2) is 3.01. The fourth-order valence-electron chi connectivity index (χ4n) is 1.79. The Bertz CT molecular complexity index is 306. The lowest BCUT2D eigenvalue weighted by molar-refractivity contribution is 0.260. The van der Waals surface area contributed by atoms with Crippen molar-refractivity contribution >= 4 is 5.69 Å². The molecule has 0 bridgehead atoms. The van der Waals surface area contributed by atoms with Crippen molar-refractivity contribution in [3.8, 4) is 0 Å². The van der Waals surface area contributed by atoms with E-state index in [0.717, 1.165) is 24.3 Å². The van der Waals surface area contributed by atoms with E-state index in [1.165, 1.54) is 0 Å². The molecule has 1 aromatic rings. The average molecular weight is 183 g/mol. The molecular formula is C9H14FN3. The first-order valence-electron chi connectivity index (χ1n) is 4.57. The normalized spacial score (nSPS) is 21.3. The lowest BCUT2D eigenvalue weighted by atomic mass is 10.1. The number of alkyl halides is 1. The molecule has 0 radical (unpaired) electrons. The summed E-state index contributed by atoms with van der Waals surface area (Å²) in [6, 6.07) is 0. The van der Waals surface area contributed by atoms with E-state index >= 15 is 0 Å². The van der Waals surface area contributed by atoms with Gasteiger partial charge >= 0.3 is 0 Å². The number of anilines is 1. The molecule has 72 valence electrons. The Balaban J connectivity index is 2.44. The number of halogens is 1. The number of hydrogen-bond donors (Lipinski definition) is 0. The zero-order chi connectivity index (χ0) is 9.42. The van der Waals surface area contributed by atoms with Crippen molar-refractivity contribution in [1.82, 2.24) is 9.78 Å². The maximum atomic E-state index is 13.5. The van der Waals surface area contributed by atoms with Gasteiger partial charge in [-0.25, -0.2) is 4.39 Å². The van der Waals surface area contributed by atoms with E-state index in [1.54, 1.807) is 10.9 Å². The molecule has 2 heterocycles. The molecule has 0 amide bonds. The van der Waals surface area contributed by atoms with Crippen LogP contribution in [0.5, 0.6) is 0 Å². The van der Waals surface area contributed by atoms with Gasteiger partial charge < -0.3 is 4.90 Å². The van der Waals surface area contributed by atoms with Crippen LogP contribution in [-0.2, 0) is 6.54 Å². The maximum absolute atomic E-state index is 13.5. The standard InChI is InChI=1S/C9H14FN3/c1-12(2)8-6-11-13-5-3-4-7(10)9(8)13/h6-7H,3-5H2,1-2H3. The fraction of sp³-hybridized carbons (Fsp3) is 0.667. The molecule has 0 saturated heterocycles. The van der Waals surface area contributed by atoms with Gasteiger partial charge in [-0.15, -0.1) is 0 Å². The molecule has 0 spiro atoms. The predicted molar refractivity (Wildman–Crippen MR) is 49.6 cm³/mol. The average Bonchev–Trinajstić information content (AvgIpc) is 2.49. The van der Waals surface area contributed by atoms with Gasteiger partial charge in [0.25, 0.3) is 0 Å². The van der Waals surface area contributed by atoms with Gasteiger partial charge in [-0.2, -0.15) is 5.10 Å². The van der Waals surface area contributed by atoms with Gasteiger partial charge in [0, 0.05) is 20.6 Å². The molecule has 0 fully saturated rings. The summed E-state index contributed by atoms with van der Waals surface area (Å²) < 4.78 is 15.3. The Kier molecular flexibility index (Phi) is 1.98. The van der Waals surface area contributed by atoms with Crippen molar-refractivity contribution < 1.29 is 4.39 Å². The Hall–Kier alpha value is -1.06. The third kappa shape index (κ3) is 1.30. The molecule has 1 atom stereocenters. The van der Waals surface area contributed by atoms with Gasteiger partial charge in [-0.1, -0.05) is 0 Å².